The Morgan fingerprint density at radius 1 is 1.24 bits per heavy atom. The molecule has 0 saturated heterocycles. The van der Waals surface area contributed by atoms with Gasteiger partial charge in [-0.3, -0.25) is 4.79 Å². The summed E-state index contributed by atoms with van der Waals surface area (Å²) in [7, 11) is 0. The second-order valence-electron chi connectivity index (χ2n) is 5.33. The van der Waals surface area contributed by atoms with Gasteiger partial charge in [-0.05, 0) is 37.5 Å². The summed E-state index contributed by atoms with van der Waals surface area (Å²) in [5.74, 6) is 0.888. The van der Waals surface area contributed by atoms with Gasteiger partial charge in [0, 0.05) is 18.3 Å². The number of para-hydroxylation sites is 1. The molecular formula is C17H22N2O2. The first-order valence-electron chi connectivity index (χ1n) is 7.20. The van der Waals surface area contributed by atoms with Crippen molar-refractivity contribution in [2.45, 2.75) is 32.9 Å². The lowest BCUT2D eigenvalue weighted by Gasteiger charge is -2.16. The number of rotatable bonds is 6. The first-order valence-corrected chi connectivity index (χ1v) is 7.20. The summed E-state index contributed by atoms with van der Waals surface area (Å²) in [6.07, 6.45) is 2.55. The van der Waals surface area contributed by atoms with Gasteiger partial charge in [0.15, 0.2) is 0 Å². The molecule has 4 nitrogen and oxygen atoms in total. The Balaban J connectivity index is 2.06. The topological polar surface area (TPSA) is 57.2 Å². The largest absolute Gasteiger partial charge is 0.491 e. The number of aryl methyl sites for hydroxylation is 1. The van der Waals surface area contributed by atoms with Crippen LogP contribution in [0.1, 0.15) is 18.1 Å². The summed E-state index contributed by atoms with van der Waals surface area (Å²) in [6, 6.07) is 11.3. The fraction of sp³-hybridized carbons (Fsp3) is 0.353. The average Bonchev–Trinajstić information content (AvgIpc) is 2.43. The highest BCUT2D eigenvalue weighted by Gasteiger charge is 2.09. The average molecular weight is 286 g/mol. The Morgan fingerprint density at radius 3 is 2.76 bits per heavy atom. The molecule has 2 aromatic rings. The quantitative estimate of drug-likeness (QED) is 0.885. The van der Waals surface area contributed by atoms with Gasteiger partial charge in [0.25, 0.3) is 5.56 Å². The van der Waals surface area contributed by atoms with Crippen LogP contribution in [0.2, 0.25) is 0 Å². The number of benzene rings is 1. The Morgan fingerprint density at radius 2 is 2.05 bits per heavy atom. The van der Waals surface area contributed by atoms with Crippen molar-refractivity contribution in [3.05, 3.63) is 64.1 Å². The highest BCUT2D eigenvalue weighted by atomic mass is 16.5. The van der Waals surface area contributed by atoms with Crippen molar-refractivity contribution >= 4 is 0 Å². The monoisotopic (exact) mass is 286 g/mol. The second-order valence-corrected chi connectivity index (χ2v) is 5.33. The van der Waals surface area contributed by atoms with Crippen molar-refractivity contribution in [2.24, 2.45) is 5.73 Å². The van der Waals surface area contributed by atoms with Crippen LogP contribution >= 0.6 is 0 Å². The summed E-state index contributed by atoms with van der Waals surface area (Å²) in [5, 5.41) is 0. The van der Waals surface area contributed by atoms with E-state index in [0.717, 1.165) is 23.3 Å². The number of hydrogen-bond acceptors (Lipinski definition) is 3. The number of hydrogen-bond donors (Lipinski definition) is 1. The maximum atomic E-state index is 11.6. The molecule has 2 rings (SSSR count). The van der Waals surface area contributed by atoms with Crippen LogP contribution in [0.15, 0.2) is 47.4 Å². The van der Waals surface area contributed by atoms with Crippen LogP contribution in [-0.2, 0) is 13.0 Å². The molecule has 4 heteroatoms. The highest BCUT2D eigenvalue weighted by Crippen LogP contribution is 2.24. The number of nitrogens with two attached hydrogens (primary N) is 1. The molecule has 0 amide bonds. The summed E-state index contributed by atoms with van der Waals surface area (Å²) in [4.78, 5) is 11.6. The zero-order valence-electron chi connectivity index (χ0n) is 12.6. The van der Waals surface area contributed by atoms with E-state index in [9.17, 15) is 4.79 Å². The summed E-state index contributed by atoms with van der Waals surface area (Å²) in [6.45, 7) is 5.00. The van der Waals surface area contributed by atoms with Gasteiger partial charge >= 0.3 is 0 Å². The lowest BCUT2D eigenvalue weighted by molar-refractivity contribution is 0.291. The summed E-state index contributed by atoms with van der Waals surface area (Å²) < 4.78 is 7.55. The van der Waals surface area contributed by atoms with Crippen LogP contribution in [0.4, 0.5) is 0 Å². The standard InChI is InChI=1S/C17H22N2O2/c1-13-6-5-7-15(12-14(2)18)17(13)21-11-10-19-9-4-3-8-16(19)20/h3-9,14H,10-12,18H2,1-2H3. The van der Waals surface area contributed by atoms with Gasteiger partial charge in [0.05, 0.1) is 6.54 Å². The zero-order chi connectivity index (χ0) is 15.2. The molecule has 0 fully saturated rings. The van der Waals surface area contributed by atoms with Crippen molar-refractivity contribution in [3.63, 3.8) is 0 Å². The fourth-order valence-corrected chi connectivity index (χ4v) is 2.32. The van der Waals surface area contributed by atoms with Crippen LogP contribution in [0, 0.1) is 6.92 Å². The van der Waals surface area contributed by atoms with E-state index in [1.807, 2.05) is 38.1 Å². The van der Waals surface area contributed by atoms with E-state index in [1.165, 1.54) is 0 Å². The molecule has 1 heterocycles. The number of ether oxygens (including phenoxy) is 1. The van der Waals surface area contributed by atoms with E-state index in [0.29, 0.717) is 13.2 Å². The Labute approximate surface area is 125 Å². The molecular weight excluding hydrogens is 264 g/mol. The van der Waals surface area contributed by atoms with E-state index in [4.69, 9.17) is 10.5 Å². The first kappa shape index (κ1) is 15.3. The number of pyridine rings is 1. The minimum atomic E-state index is -0.0123. The molecule has 1 unspecified atom stereocenters. The third kappa shape index (κ3) is 4.20. The Kier molecular flexibility index (Phi) is 5.17. The van der Waals surface area contributed by atoms with Crippen molar-refractivity contribution in [2.75, 3.05) is 6.61 Å². The van der Waals surface area contributed by atoms with Gasteiger partial charge in [-0.15, -0.1) is 0 Å². The Bertz CT molecular complexity index is 647. The molecule has 0 aliphatic rings. The molecule has 0 bridgehead atoms. The van der Waals surface area contributed by atoms with Crippen LogP contribution in [0.5, 0.6) is 5.75 Å². The van der Waals surface area contributed by atoms with Crippen LogP contribution in [0.25, 0.3) is 0 Å². The van der Waals surface area contributed by atoms with Crippen LogP contribution in [0.3, 0.4) is 0 Å². The van der Waals surface area contributed by atoms with Crippen molar-refractivity contribution in [1.82, 2.24) is 4.57 Å². The molecule has 1 aromatic carbocycles. The number of nitrogens with zero attached hydrogens (tertiary/aromatic N) is 1. The second kappa shape index (κ2) is 7.09. The minimum absolute atomic E-state index is 0.0123. The molecule has 0 saturated carbocycles. The van der Waals surface area contributed by atoms with E-state index in [1.54, 1.807) is 22.9 Å². The number of aromatic nitrogens is 1. The summed E-state index contributed by atoms with van der Waals surface area (Å²) in [5.41, 5.74) is 8.08. The zero-order valence-corrected chi connectivity index (χ0v) is 12.6. The van der Waals surface area contributed by atoms with E-state index < -0.39 is 0 Å². The lowest BCUT2D eigenvalue weighted by atomic mass is 10.0. The molecule has 21 heavy (non-hydrogen) atoms. The Hall–Kier alpha value is -2.07. The molecule has 1 atom stereocenters. The molecule has 0 aliphatic carbocycles. The highest BCUT2D eigenvalue weighted by molar-refractivity contribution is 5.41. The lowest BCUT2D eigenvalue weighted by Crippen LogP contribution is -2.22. The third-order valence-corrected chi connectivity index (χ3v) is 3.31. The smallest absolute Gasteiger partial charge is 0.250 e. The van der Waals surface area contributed by atoms with E-state index >= 15 is 0 Å². The minimum Gasteiger partial charge on any atom is -0.491 e. The SMILES string of the molecule is Cc1cccc(CC(C)N)c1OCCn1ccccc1=O. The fourth-order valence-electron chi connectivity index (χ4n) is 2.32. The van der Waals surface area contributed by atoms with Gasteiger partial charge in [-0.25, -0.2) is 0 Å². The first-order chi connectivity index (χ1) is 10.1. The molecule has 0 spiro atoms. The van der Waals surface area contributed by atoms with Crippen molar-refractivity contribution < 1.29 is 4.74 Å². The van der Waals surface area contributed by atoms with Gasteiger partial charge in [0.1, 0.15) is 12.4 Å². The van der Waals surface area contributed by atoms with Crippen LogP contribution < -0.4 is 16.0 Å². The van der Waals surface area contributed by atoms with Crippen molar-refractivity contribution in [1.29, 1.82) is 0 Å². The molecule has 2 N–H and O–H groups in total. The normalized spacial score (nSPS) is 12.1. The van der Waals surface area contributed by atoms with Gasteiger partial charge in [-0.1, -0.05) is 24.3 Å². The predicted molar refractivity (Wildman–Crippen MR) is 84.7 cm³/mol. The molecule has 0 aliphatic heterocycles. The maximum Gasteiger partial charge on any atom is 0.250 e. The van der Waals surface area contributed by atoms with Gasteiger partial charge in [0.2, 0.25) is 0 Å². The van der Waals surface area contributed by atoms with E-state index in [2.05, 4.69) is 0 Å². The summed E-state index contributed by atoms with van der Waals surface area (Å²) >= 11 is 0. The third-order valence-electron chi connectivity index (χ3n) is 3.31. The van der Waals surface area contributed by atoms with Crippen molar-refractivity contribution in [3.8, 4) is 5.75 Å². The van der Waals surface area contributed by atoms with Gasteiger partial charge < -0.3 is 15.0 Å². The van der Waals surface area contributed by atoms with Gasteiger partial charge in [-0.2, -0.15) is 0 Å². The maximum absolute atomic E-state index is 11.6. The molecule has 112 valence electrons. The molecule has 0 radical (unpaired) electrons. The van der Waals surface area contributed by atoms with Crippen LogP contribution in [-0.4, -0.2) is 17.2 Å². The van der Waals surface area contributed by atoms with E-state index in [-0.39, 0.29) is 11.6 Å². The molecule has 1 aromatic heterocycles. The predicted octanol–water partition coefficient (Wildman–Crippen LogP) is 2.13.